The average Bonchev–Trinajstić information content (AvgIpc) is 2.66. The highest BCUT2D eigenvalue weighted by Gasteiger charge is 2.27. The predicted molar refractivity (Wildman–Crippen MR) is 78.5 cm³/mol. The van der Waals surface area contributed by atoms with Crippen LogP contribution in [0.5, 0.6) is 0 Å². The molecule has 102 valence electrons. The third kappa shape index (κ3) is 2.83. The molecular formula is C17H23NO. The van der Waals surface area contributed by atoms with Crippen molar-refractivity contribution in [2.75, 3.05) is 11.9 Å². The van der Waals surface area contributed by atoms with E-state index in [4.69, 9.17) is 0 Å². The van der Waals surface area contributed by atoms with Gasteiger partial charge in [0.25, 0.3) is 0 Å². The molecule has 1 heterocycles. The molecule has 2 heteroatoms. The fourth-order valence-electron chi connectivity index (χ4n) is 3.55. The molecule has 3 rings (SSSR count). The van der Waals surface area contributed by atoms with Crippen LogP contribution >= 0.6 is 0 Å². The standard InChI is InChI=1S/C17H23NO/c19-17(13-7-3-1-2-4-8-13)11-14-12-18-16-10-6-5-9-15(14)16/h5-6,9-10,13-14,18H,1-4,7-8,11-12H2. The molecule has 0 bridgehead atoms. The van der Waals surface area contributed by atoms with E-state index in [9.17, 15) is 4.79 Å². The van der Waals surface area contributed by atoms with Crippen LogP contribution in [-0.2, 0) is 4.79 Å². The first-order valence-corrected chi connectivity index (χ1v) is 7.70. The summed E-state index contributed by atoms with van der Waals surface area (Å²) in [4.78, 5) is 12.5. The highest BCUT2D eigenvalue weighted by Crippen LogP contribution is 2.35. The lowest BCUT2D eigenvalue weighted by atomic mass is 9.87. The summed E-state index contributed by atoms with van der Waals surface area (Å²) in [6, 6.07) is 8.42. The quantitative estimate of drug-likeness (QED) is 0.825. The molecule has 2 aliphatic rings. The second-order valence-corrected chi connectivity index (χ2v) is 6.02. The summed E-state index contributed by atoms with van der Waals surface area (Å²) in [6.07, 6.45) is 8.11. The van der Waals surface area contributed by atoms with Crippen molar-refractivity contribution in [1.82, 2.24) is 0 Å². The molecule has 1 atom stereocenters. The lowest BCUT2D eigenvalue weighted by Crippen LogP contribution is -2.18. The third-order valence-electron chi connectivity index (χ3n) is 4.70. The van der Waals surface area contributed by atoms with E-state index in [1.54, 1.807) is 0 Å². The van der Waals surface area contributed by atoms with Gasteiger partial charge in [0, 0.05) is 30.5 Å². The van der Waals surface area contributed by atoms with Crippen LogP contribution in [0, 0.1) is 5.92 Å². The number of benzene rings is 1. The molecule has 1 aromatic rings. The van der Waals surface area contributed by atoms with E-state index in [-0.39, 0.29) is 0 Å². The van der Waals surface area contributed by atoms with E-state index in [2.05, 4.69) is 29.6 Å². The van der Waals surface area contributed by atoms with Crippen molar-refractivity contribution in [2.45, 2.75) is 50.9 Å². The van der Waals surface area contributed by atoms with Gasteiger partial charge in [-0.15, -0.1) is 0 Å². The largest absolute Gasteiger partial charge is 0.384 e. The first-order valence-electron chi connectivity index (χ1n) is 7.70. The Balaban J connectivity index is 1.64. The maximum absolute atomic E-state index is 12.5. The van der Waals surface area contributed by atoms with Gasteiger partial charge < -0.3 is 5.32 Å². The van der Waals surface area contributed by atoms with Crippen LogP contribution in [0.3, 0.4) is 0 Å². The molecule has 0 spiro atoms. The molecule has 1 fully saturated rings. The molecule has 1 aliphatic heterocycles. The first-order chi connectivity index (χ1) is 9.34. The smallest absolute Gasteiger partial charge is 0.136 e. The Bertz CT molecular complexity index is 446. The number of carbonyl (C=O) groups is 1. The summed E-state index contributed by atoms with van der Waals surface area (Å²) >= 11 is 0. The van der Waals surface area contributed by atoms with Crippen LogP contribution in [0.25, 0.3) is 0 Å². The molecule has 2 nitrogen and oxygen atoms in total. The Labute approximate surface area is 115 Å². The second-order valence-electron chi connectivity index (χ2n) is 6.02. The minimum Gasteiger partial charge on any atom is -0.384 e. The van der Waals surface area contributed by atoms with E-state index >= 15 is 0 Å². The maximum Gasteiger partial charge on any atom is 0.136 e. The number of hydrogen-bond donors (Lipinski definition) is 1. The van der Waals surface area contributed by atoms with Crippen LogP contribution in [0.15, 0.2) is 24.3 Å². The van der Waals surface area contributed by atoms with E-state index in [1.807, 2.05) is 0 Å². The van der Waals surface area contributed by atoms with Gasteiger partial charge in [-0.1, -0.05) is 43.9 Å². The number of rotatable bonds is 3. The highest BCUT2D eigenvalue weighted by molar-refractivity contribution is 5.82. The average molecular weight is 257 g/mol. The third-order valence-corrected chi connectivity index (χ3v) is 4.70. The lowest BCUT2D eigenvalue weighted by Gasteiger charge is -2.16. The van der Waals surface area contributed by atoms with Gasteiger partial charge in [0.05, 0.1) is 0 Å². The molecule has 1 saturated carbocycles. The van der Waals surface area contributed by atoms with Gasteiger partial charge in [-0.2, -0.15) is 0 Å². The second kappa shape index (κ2) is 5.77. The number of carbonyl (C=O) groups excluding carboxylic acids is 1. The Morgan fingerprint density at radius 3 is 2.63 bits per heavy atom. The summed E-state index contributed by atoms with van der Waals surface area (Å²) in [5, 5.41) is 3.42. The van der Waals surface area contributed by atoms with Gasteiger partial charge >= 0.3 is 0 Å². The zero-order valence-electron chi connectivity index (χ0n) is 11.5. The first kappa shape index (κ1) is 12.7. The van der Waals surface area contributed by atoms with Gasteiger partial charge in [-0.3, -0.25) is 4.79 Å². The molecule has 0 amide bonds. The Morgan fingerprint density at radius 1 is 1.11 bits per heavy atom. The number of ketones is 1. The summed E-state index contributed by atoms with van der Waals surface area (Å²) < 4.78 is 0. The van der Waals surface area contributed by atoms with E-state index < -0.39 is 0 Å². The normalized spacial score (nSPS) is 23.5. The van der Waals surface area contributed by atoms with Crippen molar-refractivity contribution >= 4 is 11.5 Å². The molecule has 0 radical (unpaired) electrons. The van der Waals surface area contributed by atoms with Crippen LogP contribution in [0.1, 0.15) is 56.4 Å². The van der Waals surface area contributed by atoms with Crippen molar-refractivity contribution in [2.24, 2.45) is 5.92 Å². The van der Waals surface area contributed by atoms with Gasteiger partial charge in [-0.25, -0.2) is 0 Å². The Morgan fingerprint density at radius 2 is 1.84 bits per heavy atom. The van der Waals surface area contributed by atoms with Gasteiger partial charge in [-0.05, 0) is 24.5 Å². The summed E-state index contributed by atoms with van der Waals surface area (Å²) in [5.74, 6) is 1.24. The molecule has 1 aromatic carbocycles. The molecule has 1 aliphatic carbocycles. The molecular weight excluding hydrogens is 234 g/mol. The molecule has 19 heavy (non-hydrogen) atoms. The molecule has 0 saturated heterocycles. The molecule has 0 aromatic heterocycles. The number of fused-ring (bicyclic) bond motifs is 1. The number of Topliss-reactive ketones (excluding diaryl/α,β-unsaturated/α-hetero) is 1. The zero-order valence-corrected chi connectivity index (χ0v) is 11.5. The fourth-order valence-corrected chi connectivity index (χ4v) is 3.55. The van der Waals surface area contributed by atoms with Crippen LogP contribution < -0.4 is 5.32 Å². The van der Waals surface area contributed by atoms with Crippen molar-refractivity contribution < 1.29 is 4.79 Å². The van der Waals surface area contributed by atoms with E-state index in [0.717, 1.165) is 25.8 Å². The molecule has 1 N–H and O–H groups in total. The van der Waals surface area contributed by atoms with E-state index in [1.165, 1.54) is 36.9 Å². The highest BCUT2D eigenvalue weighted by atomic mass is 16.1. The summed E-state index contributed by atoms with van der Waals surface area (Å²) in [7, 11) is 0. The fraction of sp³-hybridized carbons (Fsp3) is 0.588. The van der Waals surface area contributed by atoms with Crippen molar-refractivity contribution in [1.29, 1.82) is 0 Å². The monoisotopic (exact) mass is 257 g/mol. The van der Waals surface area contributed by atoms with Crippen molar-refractivity contribution in [3.8, 4) is 0 Å². The number of anilines is 1. The van der Waals surface area contributed by atoms with Gasteiger partial charge in [0.15, 0.2) is 0 Å². The number of nitrogens with one attached hydrogen (secondary N) is 1. The minimum absolute atomic E-state index is 0.343. The van der Waals surface area contributed by atoms with Crippen LogP contribution in [0.2, 0.25) is 0 Å². The zero-order chi connectivity index (χ0) is 13.1. The van der Waals surface area contributed by atoms with Crippen LogP contribution in [0.4, 0.5) is 5.69 Å². The Hall–Kier alpha value is -1.31. The SMILES string of the molecule is O=C(CC1CNc2ccccc21)C1CCCCCC1. The predicted octanol–water partition coefficient (Wildman–Crippen LogP) is 4.13. The Kier molecular flexibility index (Phi) is 3.86. The van der Waals surface area contributed by atoms with E-state index in [0.29, 0.717) is 17.6 Å². The maximum atomic E-state index is 12.5. The molecule has 1 unspecified atom stereocenters. The van der Waals surface area contributed by atoms with Crippen LogP contribution in [-0.4, -0.2) is 12.3 Å². The van der Waals surface area contributed by atoms with Gasteiger partial charge in [0.1, 0.15) is 5.78 Å². The lowest BCUT2D eigenvalue weighted by molar-refractivity contribution is -0.123. The number of hydrogen-bond acceptors (Lipinski definition) is 2. The van der Waals surface area contributed by atoms with Gasteiger partial charge in [0.2, 0.25) is 0 Å². The minimum atomic E-state index is 0.343. The number of para-hydroxylation sites is 1. The summed E-state index contributed by atoms with van der Waals surface area (Å²) in [6.45, 7) is 0.928. The summed E-state index contributed by atoms with van der Waals surface area (Å²) in [5.41, 5.74) is 2.56. The van der Waals surface area contributed by atoms with Crippen molar-refractivity contribution in [3.63, 3.8) is 0 Å². The van der Waals surface area contributed by atoms with Crippen molar-refractivity contribution in [3.05, 3.63) is 29.8 Å². The topological polar surface area (TPSA) is 29.1 Å².